The van der Waals surface area contributed by atoms with Gasteiger partial charge in [-0.25, -0.2) is 5.10 Å². The van der Waals surface area contributed by atoms with Gasteiger partial charge in [0.15, 0.2) is 0 Å². The second kappa shape index (κ2) is 6.18. The summed E-state index contributed by atoms with van der Waals surface area (Å²) >= 11 is 6.08. The van der Waals surface area contributed by atoms with Crippen molar-refractivity contribution in [3.63, 3.8) is 0 Å². The first-order valence-electron chi connectivity index (χ1n) is 7.79. The molecule has 3 heterocycles. The largest absolute Gasteiger partial charge is 0.332 e. The fourth-order valence-electron chi connectivity index (χ4n) is 2.97. The molecule has 1 aromatic carbocycles. The average Bonchev–Trinajstić information content (AvgIpc) is 3.05. The molecule has 126 valence electrons. The van der Waals surface area contributed by atoms with Gasteiger partial charge in [0.1, 0.15) is 5.69 Å². The van der Waals surface area contributed by atoms with Gasteiger partial charge in [-0.2, -0.15) is 10.2 Å². The van der Waals surface area contributed by atoms with Crippen LogP contribution in [0.25, 0.3) is 11.3 Å². The van der Waals surface area contributed by atoms with E-state index < -0.39 is 0 Å². The molecule has 8 heteroatoms. The molecule has 0 fully saturated rings. The van der Waals surface area contributed by atoms with Crippen LogP contribution in [0.5, 0.6) is 0 Å². The molecule has 0 bridgehead atoms. The minimum atomic E-state index is -0.337. The van der Waals surface area contributed by atoms with Crippen LogP contribution >= 0.6 is 11.6 Å². The number of hydrogen-bond donors (Lipinski definition) is 2. The Balaban J connectivity index is 1.64. The van der Waals surface area contributed by atoms with E-state index in [-0.39, 0.29) is 17.2 Å². The fraction of sp³-hybridized carbons (Fsp3) is 0.176. The quantitative estimate of drug-likeness (QED) is 0.735. The predicted molar refractivity (Wildman–Crippen MR) is 92.3 cm³/mol. The average molecular weight is 356 g/mol. The molecule has 0 saturated heterocycles. The Hall–Kier alpha value is -2.93. The third kappa shape index (κ3) is 2.94. The highest BCUT2D eigenvalue weighted by atomic mass is 35.5. The van der Waals surface area contributed by atoms with E-state index in [1.165, 1.54) is 12.1 Å². The first-order valence-corrected chi connectivity index (χ1v) is 8.16. The van der Waals surface area contributed by atoms with E-state index in [4.69, 9.17) is 11.6 Å². The van der Waals surface area contributed by atoms with Crippen molar-refractivity contribution in [3.8, 4) is 11.3 Å². The van der Waals surface area contributed by atoms with E-state index in [1.54, 1.807) is 4.90 Å². The molecule has 2 N–H and O–H groups in total. The number of halogens is 1. The fourth-order valence-corrected chi connectivity index (χ4v) is 3.16. The standard InChI is InChI=1S/C17H14ClN5O2/c18-11-3-1-2-10(8-11)16-12-9-23(7-6-13(12)19-22-16)17(25)14-4-5-15(24)21-20-14/h1-5,8H,6-7,9H2,(H,19,22)(H,21,24). The molecular formula is C17H14ClN5O2. The van der Waals surface area contributed by atoms with Crippen LogP contribution in [0, 0.1) is 0 Å². The van der Waals surface area contributed by atoms with E-state index in [2.05, 4.69) is 20.4 Å². The second-order valence-electron chi connectivity index (χ2n) is 5.82. The molecule has 1 aliphatic rings. The number of hydrogen-bond acceptors (Lipinski definition) is 4. The Morgan fingerprint density at radius 3 is 2.80 bits per heavy atom. The van der Waals surface area contributed by atoms with E-state index in [0.29, 0.717) is 24.5 Å². The van der Waals surface area contributed by atoms with Crippen LogP contribution in [-0.4, -0.2) is 37.7 Å². The molecule has 1 amide bonds. The summed E-state index contributed by atoms with van der Waals surface area (Å²) in [6.07, 6.45) is 0.679. The Kier molecular flexibility index (Phi) is 3.85. The highest BCUT2D eigenvalue weighted by Gasteiger charge is 2.27. The molecule has 0 aliphatic carbocycles. The van der Waals surface area contributed by atoms with Gasteiger partial charge in [0.2, 0.25) is 0 Å². The Labute approximate surface area is 147 Å². The molecule has 1 aliphatic heterocycles. The molecule has 0 atom stereocenters. The molecule has 0 saturated carbocycles. The maximum Gasteiger partial charge on any atom is 0.274 e. The van der Waals surface area contributed by atoms with Gasteiger partial charge >= 0.3 is 0 Å². The Bertz CT molecular complexity index is 990. The summed E-state index contributed by atoms with van der Waals surface area (Å²) in [6, 6.07) is 10.2. The minimum absolute atomic E-state index is 0.218. The maximum atomic E-state index is 12.6. The summed E-state index contributed by atoms with van der Waals surface area (Å²) < 4.78 is 0. The van der Waals surface area contributed by atoms with Gasteiger partial charge in [-0.1, -0.05) is 23.7 Å². The van der Waals surface area contributed by atoms with E-state index >= 15 is 0 Å². The van der Waals surface area contributed by atoms with Gasteiger partial charge in [0.05, 0.1) is 12.2 Å². The molecule has 2 aromatic heterocycles. The SMILES string of the molecule is O=C(c1ccc(=O)[nH]n1)N1CCc2[nH]nc(-c3cccc(Cl)c3)c2C1. The number of amides is 1. The van der Waals surface area contributed by atoms with Crippen LogP contribution in [0.15, 0.2) is 41.2 Å². The van der Waals surface area contributed by atoms with Crippen molar-refractivity contribution < 1.29 is 4.79 Å². The van der Waals surface area contributed by atoms with Crippen LogP contribution < -0.4 is 5.56 Å². The summed E-state index contributed by atoms with van der Waals surface area (Å²) in [4.78, 5) is 25.4. The Morgan fingerprint density at radius 1 is 1.16 bits per heavy atom. The zero-order valence-electron chi connectivity index (χ0n) is 13.1. The number of H-pyrrole nitrogens is 2. The van der Waals surface area contributed by atoms with E-state index in [0.717, 1.165) is 22.5 Å². The van der Waals surface area contributed by atoms with E-state index in [1.807, 2.05) is 24.3 Å². The maximum absolute atomic E-state index is 12.6. The highest BCUT2D eigenvalue weighted by molar-refractivity contribution is 6.30. The summed E-state index contributed by atoms with van der Waals surface area (Å²) in [7, 11) is 0. The zero-order valence-corrected chi connectivity index (χ0v) is 13.9. The van der Waals surface area contributed by atoms with E-state index in [9.17, 15) is 9.59 Å². The van der Waals surface area contributed by atoms with Crippen molar-refractivity contribution in [1.82, 2.24) is 25.3 Å². The van der Waals surface area contributed by atoms with Crippen molar-refractivity contribution in [1.29, 1.82) is 0 Å². The normalized spacial score (nSPS) is 13.6. The summed E-state index contributed by atoms with van der Waals surface area (Å²) in [5.74, 6) is -0.222. The van der Waals surface area contributed by atoms with Crippen molar-refractivity contribution in [2.45, 2.75) is 13.0 Å². The van der Waals surface area contributed by atoms with Gasteiger partial charge in [0.25, 0.3) is 11.5 Å². The van der Waals surface area contributed by atoms with Crippen LogP contribution in [0.1, 0.15) is 21.7 Å². The summed E-state index contributed by atoms with van der Waals surface area (Å²) in [6.45, 7) is 0.983. The molecule has 7 nitrogen and oxygen atoms in total. The van der Waals surface area contributed by atoms with Gasteiger partial charge in [-0.15, -0.1) is 0 Å². The van der Waals surface area contributed by atoms with Crippen LogP contribution in [0.2, 0.25) is 5.02 Å². The molecular weight excluding hydrogens is 342 g/mol. The van der Waals surface area contributed by atoms with Gasteiger partial charge < -0.3 is 4.90 Å². The third-order valence-electron chi connectivity index (χ3n) is 4.22. The molecule has 4 rings (SSSR count). The number of nitrogens with zero attached hydrogens (tertiary/aromatic N) is 3. The number of carbonyl (C=O) groups excluding carboxylic acids is 1. The molecule has 3 aromatic rings. The number of fused-ring (bicyclic) bond motifs is 1. The first kappa shape index (κ1) is 15.6. The third-order valence-corrected chi connectivity index (χ3v) is 4.45. The number of nitrogens with one attached hydrogen (secondary N) is 2. The summed E-state index contributed by atoms with van der Waals surface area (Å²) in [5, 5.41) is 14.2. The number of benzene rings is 1. The number of aromatic nitrogens is 4. The topological polar surface area (TPSA) is 94.7 Å². The minimum Gasteiger partial charge on any atom is -0.332 e. The lowest BCUT2D eigenvalue weighted by molar-refractivity contribution is 0.0727. The molecule has 0 unspecified atom stereocenters. The van der Waals surface area contributed by atoms with Crippen molar-refractivity contribution in [2.75, 3.05) is 6.54 Å². The zero-order chi connectivity index (χ0) is 17.4. The van der Waals surface area contributed by atoms with Gasteiger partial charge in [-0.3, -0.25) is 14.7 Å². The summed E-state index contributed by atoms with van der Waals surface area (Å²) in [5.41, 5.74) is 3.58. The van der Waals surface area contributed by atoms with Crippen LogP contribution in [0.3, 0.4) is 0 Å². The molecule has 25 heavy (non-hydrogen) atoms. The van der Waals surface area contributed by atoms with Crippen LogP contribution in [-0.2, 0) is 13.0 Å². The highest BCUT2D eigenvalue weighted by Crippen LogP contribution is 2.30. The number of carbonyl (C=O) groups is 1. The molecule has 0 spiro atoms. The van der Waals surface area contributed by atoms with Crippen molar-refractivity contribution in [2.24, 2.45) is 0 Å². The lowest BCUT2D eigenvalue weighted by Crippen LogP contribution is -2.36. The Morgan fingerprint density at radius 2 is 2.04 bits per heavy atom. The lowest BCUT2D eigenvalue weighted by atomic mass is 10.0. The van der Waals surface area contributed by atoms with Crippen molar-refractivity contribution >= 4 is 17.5 Å². The monoisotopic (exact) mass is 355 g/mol. The van der Waals surface area contributed by atoms with Crippen LogP contribution in [0.4, 0.5) is 0 Å². The van der Waals surface area contributed by atoms with Gasteiger partial charge in [0, 0.05) is 40.9 Å². The van der Waals surface area contributed by atoms with Gasteiger partial charge in [-0.05, 0) is 18.2 Å². The second-order valence-corrected chi connectivity index (χ2v) is 6.26. The number of aromatic amines is 2. The molecule has 0 radical (unpaired) electrons. The lowest BCUT2D eigenvalue weighted by Gasteiger charge is -2.26. The first-order chi connectivity index (χ1) is 12.1. The smallest absolute Gasteiger partial charge is 0.274 e. The predicted octanol–water partition coefficient (Wildman–Crippen LogP) is 2.01. The van der Waals surface area contributed by atoms with Crippen molar-refractivity contribution in [3.05, 3.63) is 68.7 Å². The number of rotatable bonds is 2.